The number of aromatic nitrogens is 2. The van der Waals surface area contributed by atoms with Gasteiger partial charge < -0.3 is 9.84 Å². The second-order valence-corrected chi connectivity index (χ2v) is 6.20. The maximum absolute atomic E-state index is 12.1. The van der Waals surface area contributed by atoms with Gasteiger partial charge >= 0.3 is 0 Å². The Balaban J connectivity index is 2.44. The van der Waals surface area contributed by atoms with Crippen LogP contribution in [0.2, 0.25) is 0 Å². The SMILES string of the molecule is CCCCOCCCNS(=O)(=O)c1c(CO)n[nH]c1C. The fraction of sp³-hybridized carbons (Fsp3) is 0.750. The van der Waals surface area contributed by atoms with Crippen molar-refractivity contribution in [2.45, 2.75) is 44.6 Å². The first-order valence-corrected chi connectivity index (χ1v) is 8.23. The summed E-state index contributed by atoms with van der Waals surface area (Å²) in [5.41, 5.74) is 0.551. The highest BCUT2D eigenvalue weighted by molar-refractivity contribution is 7.89. The van der Waals surface area contributed by atoms with Crippen molar-refractivity contribution in [3.63, 3.8) is 0 Å². The third-order valence-electron chi connectivity index (χ3n) is 2.78. The molecule has 0 aliphatic heterocycles. The zero-order chi connectivity index (χ0) is 15.0. The van der Waals surface area contributed by atoms with Gasteiger partial charge in [0, 0.05) is 19.8 Å². The molecule has 0 saturated heterocycles. The van der Waals surface area contributed by atoms with Crippen LogP contribution in [0.1, 0.15) is 37.6 Å². The summed E-state index contributed by atoms with van der Waals surface area (Å²) in [6.45, 7) is 4.81. The summed E-state index contributed by atoms with van der Waals surface area (Å²) in [5, 5.41) is 15.4. The molecule has 1 rings (SSSR count). The van der Waals surface area contributed by atoms with Gasteiger partial charge in [-0.05, 0) is 19.8 Å². The van der Waals surface area contributed by atoms with E-state index in [-0.39, 0.29) is 10.6 Å². The highest BCUT2D eigenvalue weighted by Crippen LogP contribution is 2.17. The minimum absolute atomic E-state index is 0.0342. The fourth-order valence-electron chi connectivity index (χ4n) is 1.73. The highest BCUT2D eigenvalue weighted by atomic mass is 32.2. The standard InChI is InChI=1S/C12H23N3O4S/c1-3-4-7-19-8-5-6-13-20(17,18)12-10(2)14-15-11(12)9-16/h13,16H,3-9H2,1-2H3,(H,14,15). The number of aryl methyl sites for hydroxylation is 1. The van der Waals surface area contributed by atoms with Crippen LogP contribution in [0, 0.1) is 6.92 Å². The lowest BCUT2D eigenvalue weighted by Crippen LogP contribution is -2.26. The number of sulfonamides is 1. The molecule has 3 N–H and O–H groups in total. The minimum Gasteiger partial charge on any atom is -0.390 e. The summed E-state index contributed by atoms with van der Waals surface area (Å²) >= 11 is 0. The summed E-state index contributed by atoms with van der Waals surface area (Å²) in [5.74, 6) is 0. The average Bonchev–Trinajstić information content (AvgIpc) is 2.79. The number of unbranched alkanes of at least 4 members (excludes halogenated alkanes) is 1. The molecule has 0 fully saturated rings. The fourth-order valence-corrected chi connectivity index (χ4v) is 3.16. The number of aliphatic hydroxyl groups excluding tert-OH is 1. The Morgan fingerprint density at radius 1 is 1.35 bits per heavy atom. The molecule has 0 atom stereocenters. The van der Waals surface area contributed by atoms with E-state index in [0.29, 0.717) is 31.9 Å². The summed E-state index contributed by atoms with van der Waals surface area (Å²) in [4.78, 5) is 0.0342. The molecule has 0 spiro atoms. The molecule has 0 saturated carbocycles. The van der Waals surface area contributed by atoms with Crippen molar-refractivity contribution in [3.05, 3.63) is 11.4 Å². The Bertz CT molecular complexity index is 499. The van der Waals surface area contributed by atoms with Crippen molar-refractivity contribution in [1.29, 1.82) is 0 Å². The quantitative estimate of drug-likeness (QED) is 0.552. The van der Waals surface area contributed by atoms with E-state index in [2.05, 4.69) is 21.8 Å². The lowest BCUT2D eigenvalue weighted by molar-refractivity contribution is 0.130. The molecule has 20 heavy (non-hydrogen) atoms. The van der Waals surface area contributed by atoms with Crippen molar-refractivity contribution in [2.75, 3.05) is 19.8 Å². The normalized spacial score (nSPS) is 11.9. The van der Waals surface area contributed by atoms with Crippen LogP contribution < -0.4 is 4.72 Å². The molecule has 1 aromatic heterocycles. The monoisotopic (exact) mass is 305 g/mol. The van der Waals surface area contributed by atoms with Gasteiger partial charge in [0.05, 0.1) is 12.3 Å². The first kappa shape index (κ1) is 17.1. The van der Waals surface area contributed by atoms with E-state index in [9.17, 15) is 8.42 Å². The van der Waals surface area contributed by atoms with Crippen LogP contribution in [0.3, 0.4) is 0 Å². The maximum Gasteiger partial charge on any atom is 0.244 e. The smallest absolute Gasteiger partial charge is 0.244 e. The molecular weight excluding hydrogens is 282 g/mol. The Labute approximate surface area is 119 Å². The van der Waals surface area contributed by atoms with Gasteiger partial charge in [0.25, 0.3) is 0 Å². The topological polar surface area (TPSA) is 104 Å². The van der Waals surface area contributed by atoms with E-state index in [1.165, 1.54) is 0 Å². The molecule has 0 unspecified atom stereocenters. The molecular formula is C12H23N3O4S. The van der Waals surface area contributed by atoms with E-state index in [1.807, 2.05) is 0 Å². The molecule has 0 amide bonds. The molecule has 0 radical (unpaired) electrons. The zero-order valence-electron chi connectivity index (χ0n) is 12.0. The molecule has 7 nitrogen and oxygen atoms in total. The van der Waals surface area contributed by atoms with E-state index in [0.717, 1.165) is 12.8 Å². The van der Waals surface area contributed by atoms with Crippen molar-refractivity contribution < 1.29 is 18.3 Å². The number of nitrogens with zero attached hydrogens (tertiary/aromatic N) is 1. The van der Waals surface area contributed by atoms with Crippen LogP contribution in [0.5, 0.6) is 0 Å². The Kier molecular flexibility index (Phi) is 7.14. The molecule has 0 bridgehead atoms. The van der Waals surface area contributed by atoms with Crippen LogP contribution in [-0.2, 0) is 21.4 Å². The number of aliphatic hydroxyl groups is 1. The van der Waals surface area contributed by atoms with Crippen LogP contribution >= 0.6 is 0 Å². The van der Waals surface area contributed by atoms with E-state index >= 15 is 0 Å². The molecule has 1 heterocycles. The predicted molar refractivity (Wildman–Crippen MR) is 74.8 cm³/mol. The van der Waals surface area contributed by atoms with Gasteiger partial charge in [-0.3, -0.25) is 5.10 Å². The van der Waals surface area contributed by atoms with Gasteiger partial charge in [0.1, 0.15) is 10.6 Å². The summed E-state index contributed by atoms with van der Waals surface area (Å²) in [6.07, 6.45) is 2.70. The molecule has 116 valence electrons. The van der Waals surface area contributed by atoms with Crippen LogP contribution in [0.4, 0.5) is 0 Å². The number of nitrogens with one attached hydrogen (secondary N) is 2. The second-order valence-electron chi connectivity index (χ2n) is 4.50. The third-order valence-corrected chi connectivity index (χ3v) is 4.44. The molecule has 8 heteroatoms. The lowest BCUT2D eigenvalue weighted by atomic mass is 10.4. The van der Waals surface area contributed by atoms with Crippen molar-refractivity contribution in [1.82, 2.24) is 14.9 Å². The first-order valence-electron chi connectivity index (χ1n) is 6.75. The van der Waals surface area contributed by atoms with Gasteiger partial charge in [-0.1, -0.05) is 13.3 Å². The highest BCUT2D eigenvalue weighted by Gasteiger charge is 2.23. The molecule has 0 aliphatic rings. The van der Waals surface area contributed by atoms with Crippen molar-refractivity contribution in [2.24, 2.45) is 0 Å². The van der Waals surface area contributed by atoms with Crippen molar-refractivity contribution in [3.8, 4) is 0 Å². The van der Waals surface area contributed by atoms with E-state index in [4.69, 9.17) is 9.84 Å². The van der Waals surface area contributed by atoms with E-state index in [1.54, 1.807) is 6.92 Å². The lowest BCUT2D eigenvalue weighted by Gasteiger charge is -2.07. The van der Waals surface area contributed by atoms with Gasteiger partial charge in [-0.15, -0.1) is 0 Å². The Hall–Kier alpha value is -0.960. The number of ether oxygens (including phenoxy) is 1. The maximum atomic E-state index is 12.1. The summed E-state index contributed by atoms with van der Waals surface area (Å²) in [6, 6.07) is 0. The first-order chi connectivity index (χ1) is 9.53. The number of aromatic amines is 1. The van der Waals surface area contributed by atoms with Crippen LogP contribution in [0.25, 0.3) is 0 Å². The average molecular weight is 305 g/mol. The van der Waals surface area contributed by atoms with Gasteiger partial charge in [0.2, 0.25) is 10.0 Å². The number of hydrogen-bond acceptors (Lipinski definition) is 5. The Morgan fingerprint density at radius 3 is 2.70 bits per heavy atom. The van der Waals surface area contributed by atoms with Crippen LogP contribution in [0.15, 0.2) is 4.90 Å². The number of H-pyrrole nitrogens is 1. The third kappa shape index (κ3) is 4.86. The van der Waals surface area contributed by atoms with Gasteiger partial charge in [0.15, 0.2) is 0 Å². The second kappa shape index (κ2) is 8.35. The summed E-state index contributed by atoms with van der Waals surface area (Å²) in [7, 11) is -3.65. The van der Waals surface area contributed by atoms with Gasteiger partial charge in [-0.25, -0.2) is 13.1 Å². The zero-order valence-corrected chi connectivity index (χ0v) is 12.8. The predicted octanol–water partition coefficient (Wildman–Crippen LogP) is 0.696. The summed E-state index contributed by atoms with van der Waals surface area (Å²) < 4.78 is 32.1. The van der Waals surface area contributed by atoms with E-state index < -0.39 is 16.6 Å². The molecule has 1 aromatic rings. The number of hydrogen-bond donors (Lipinski definition) is 3. The molecule has 0 aliphatic carbocycles. The van der Waals surface area contributed by atoms with Crippen molar-refractivity contribution >= 4 is 10.0 Å². The number of rotatable bonds is 10. The molecule has 0 aromatic carbocycles. The minimum atomic E-state index is -3.65. The van der Waals surface area contributed by atoms with Gasteiger partial charge in [-0.2, -0.15) is 5.10 Å². The van der Waals surface area contributed by atoms with Crippen LogP contribution in [-0.4, -0.2) is 43.5 Å². The Morgan fingerprint density at radius 2 is 2.05 bits per heavy atom. The largest absolute Gasteiger partial charge is 0.390 e.